The number of amides is 1. The fourth-order valence-corrected chi connectivity index (χ4v) is 3.92. The number of nitrogens with one attached hydrogen (secondary N) is 1. The van der Waals surface area contributed by atoms with E-state index in [1.165, 1.54) is 0 Å². The van der Waals surface area contributed by atoms with Crippen LogP contribution in [0.4, 0.5) is 0 Å². The van der Waals surface area contributed by atoms with Crippen LogP contribution in [0.2, 0.25) is 0 Å². The van der Waals surface area contributed by atoms with Gasteiger partial charge in [0.15, 0.2) is 0 Å². The summed E-state index contributed by atoms with van der Waals surface area (Å²) in [6.45, 7) is 8.28. The minimum absolute atomic E-state index is 0.231. The molecule has 2 heterocycles. The molecule has 0 aromatic rings. The van der Waals surface area contributed by atoms with Crippen molar-refractivity contribution in [2.24, 2.45) is 17.3 Å². The lowest BCUT2D eigenvalue weighted by Crippen LogP contribution is -2.55. The third kappa shape index (κ3) is 1.62. The molecule has 0 bridgehead atoms. The first-order valence-electron chi connectivity index (χ1n) is 7.06. The third-order valence-electron chi connectivity index (χ3n) is 5.60. The average Bonchev–Trinajstić information content (AvgIpc) is 2.78. The zero-order valence-corrected chi connectivity index (χ0v) is 11.7. The van der Waals surface area contributed by atoms with Crippen LogP contribution in [0.3, 0.4) is 0 Å². The van der Waals surface area contributed by atoms with Crippen LogP contribution in [0, 0.1) is 17.3 Å². The number of methoxy groups -OCH3 is 1. The molecular formula is C14H24N2O2. The highest BCUT2D eigenvalue weighted by Crippen LogP contribution is 2.62. The molecule has 0 spiro atoms. The van der Waals surface area contributed by atoms with Gasteiger partial charge in [0.05, 0.1) is 0 Å². The first kappa shape index (κ1) is 12.4. The zero-order valence-electron chi connectivity index (χ0n) is 11.7. The van der Waals surface area contributed by atoms with E-state index in [1.807, 2.05) is 0 Å². The number of ether oxygens (including phenoxy) is 1. The second kappa shape index (κ2) is 3.94. The van der Waals surface area contributed by atoms with E-state index < -0.39 is 5.60 Å². The maximum Gasteiger partial charge on any atom is 0.254 e. The minimum Gasteiger partial charge on any atom is -0.368 e. The zero-order chi connectivity index (χ0) is 13.0. The molecule has 1 aliphatic carbocycles. The van der Waals surface area contributed by atoms with Crippen molar-refractivity contribution in [1.29, 1.82) is 0 Å². The highest BCUT2D eigenvalue weighted by atomic mass is 16.5. The van der Waals surface area contributed by atoms with Crippen molar-refractivity contribution in [1.82, 2.24) is 10.2 Å². The summed E-state index contributed by atoms with van der Waals surface area (Å²) in [5, 5.41) is 3.30. The van der Waals surface area contributed by atoms with Gasteiger partial charge in [-0.05, 0) is 43.2 Å². The Balaban J connectivity index is 1.68. The van der Waals surface area contributed by atoms with Gasteiger partial charge in [-0.15, -0.1) is 0 Å². The predicted molar refractivity (Wildman–Crippen MR) is 69.2 cm³/mol. The number of hydrogen-bond donors (Lipinski definition) is 1. The van der Waals surface area contributed by atoms with Crippen molar-refractivity contribution in [3.63, 3.8) is 0 Å². The van der Waals surface area contributed by atoms with Crippen LogP contribution in [0.25, 0.3) is 0 Å². The normalized spacial score (nSPS) is 36.3. The second-order valence-corrected chi connectivity index (χ2v) is 6.69. The Morgan fingerprint density at radius 2 is 1.78 bits per heavy atom. The highest BCUT2D eigenvalue weighted by molar-refractivity contribution is 5.86. The lowest BCUT2D eigenvalue weighted by Gasteiger charge is -2.38. The van der Waals surface area contributed by atoms with Gasteiger partial charge < -0.3 is 15.0 Å². The summed E-state index contributed by atoms with van der Waals surface area (Å²) in [6, 6.07) is 0. The number of fused-ring (bicyclic) bond motifs is 1. The molecule has 3 rings (SSSR count). The van der Waals surface area contributed by atoms with Crippen LogP contribution in [-0.4, -0.2) is 49.7 Å². The first-order chi connectivity index (χ1) is 8.51. The maximum atomic E-state index is 12.7. The largest absolute Gasteiger partial charge is 0.368 e. The molecule has 18 heavy (non-hydrogen) atoms. The molecule has 2 aliphatic heterocycles. The Morgan fingerprint density at radius 3 is 2.28 bits per heavy atom. The van der Waals surface area contributed by atoms with Gasteiger partial charge in [-0.1, -0.05) is 13.8 Å². The summed E-state index contributed by atoms with van der Waals surface area (Å²) < 4.78 is 5.62. The third-order valence-corrected chi connectivity index (χ3v) is 5.60. The fraction of sp³-hybridized carbons (Fsp3) is 0.929. The SMILES string of the molecule is COC1(C(=O)N2CC3C(C2)C3(C)C)CCNCC1. The number of rotatable bonds is 2. The molecule has 2 saturated heterocycles. The van der Waals surface area contributed by atoms with Gasteiger partial charge in [0.2, 0.25) is 0 Å². The van der Waals surface area contributed by atoms with Crippen molar-refractivity contribution >= 4 is 5.91 Å². The molecule has 3 fully saturated rings. The monoisotopic (exact) mass is 252 g/mol. The van der Waals surface area contributed by atoms with Crippen LogP contribution >= 0.6 is 0 Å². The summed E-state index contributed by atoms with van der Waals surface area (Å²) in [4.78, 5) is 14.8. The topological polar surface area (TPSA) is 41.6 Å². The predicted octanol–water partition coefficient (Wildman–Crippen LogP) is 0.869. The molecule has 2 unspecified atom stereocenters. The van der Waals surface area contributed by atoms with E-state index in [0.29, 0.717) is 5.41 Å². The summed E-state index contributed by atoms with van der Waals surface area (Å²) in [5.74, 6) is 1.67. The van der Waals surface area contributed by atoms with Crippen molar-refractivity contribution in [2.45, 2.75) is 32.3 Å². The number of nitrogens with zero attached hydrogens (tertiary/aromatic N) is 1. The number of carbonyl (C=O) groups is 1. The van der Waals surface area contributed by atoms with Gasteiger partial charge in [0.1, 0.15) is 5.60 Å². The Labute approximate surface area is 109 Å². The smallest absolute Gasteiger partial charge is 0.254 e. The molecule has 1 N–H and O–H groups in total. The van der Waals surface area contributed by atoms with Gasteiger partial charge in [-0.2, -0.15) is 0 Å². The lowest BCUT2D eigenvalue weighted by molar-refractivity contribution is -0.158. The van der Waals surface area contributed by atoms with Crippen molar-refractivity contribution < 1.29 is 9.53 Å². The molecule has 102 valence electrons. The Bertz CT molecular complexity index is 347. The maximum absolute atomic E-state index is 12.7. The van der Waals surface area contributed by atoms with E-state index in [-0.39, 0.29) is 5.91 Å². The second-order valence-electron chi connectivity index (χ2n) is 6.69. The van der Waals surface area contributed by atoms with Gasteiger partial charge in [0, 0.05) is 20.2 Å². The van der Waals surface area contributed by atoms with Crippen molar-refractivity contribution in [2.75, 3.05) is 33.3 Å². The standard InChI is InChI=1S/C14H24N2O2/c1-13(2)10-8-16(9-11(10)13)12(17)14(18-3)4-6-15-7-5-14/h10-11,15H,4-9H2,1-3H3. The van der Waals surface area contributed by atoms with Crippen LogP contribution in [0.15, 0.2) is 0 Å². The van der Waals surface area contributed by atoms with E-state index in [0.717, 1.165) is 50.9 Å². The van der Waals surface area contributed by atoms with E-state index >= 15 is 0 Å². The van der Waals surface area contributed by atoms with Crippen LogP contribution < -0.4 is 5.32 Å². The number of hydrogen-bond acceptors (Lipinski definition) is 3. The molecule has 0 radical (unpaired) electrons. The number of carbonyl (C=O) groups excluding carboxylic acids is 1. The molecule has 0 aromatic carbocycles. The molecule has 1 amide bonds. The van der Waals surface area contributed by atoms with Crippen molar-refractivity contribution in [3.05, 3.63) is 0 Å². The molecule has 1 saturated carbocycles. The molecule has 4 nitrogen and oxygen atoms in total. The van der Waals surface area contributed by atoms with E-state index in [2.05, 4.69) is 24.1 Å². The summed E-state index contributed by atoms with van der Waals surface area (Å²) in [7, 11) is 1.68. The molecule has 0 aromatic heterocycles. The quantitative estimate of drug-likeness (QED) is 0.793. The Kier molecular flexibility index (Phi) is 2.72. The average molecular weight is 252 g/mol. The van der Waals surface area contributed by atoms with Gasteiger partial charge >= 0.3 is 0 Å². The van der Waals surface area contributed by atoms with Crippen LogP contribution in [0.1, 0.15) is 26.7 Å². The minimum atomic E-state index is -0.549. The summed E-state index contributed by atoms with van der Waals surface area (Å²) >= 11 is 0. The van der Waals surface area contributed by atoms with E-state index in [9.17, 15) is 4.79 Å². The van der Waals surface area contributed by atoms with Crippen LogP contribution in [0.5, 0.6) is 0 Å². The fourth-order valence-electron chi connectivity index (χ4n) is 3.92. The van der Waals surface area contributed by atoms with E-state index in [1.54, 1.807) is 7.11 Å². The summed E-state index contributed by atoms with van der Waals surface area (Å²) in [6.07, 6.45) is 1.61. The van der Waals surface area contributed by atoms with Gasteiger partial charge in [-0.25, -0.2) is 0 Å². The van der Waals surface area contributed by atoms with Crippen molar-refractivity contribution in [3.8, 4) is 0 Å². The molecule has 3 aliphatic rings. The van der Waals surface area contributed by atoms with Gasteiger partial charge in [-0.3, -0.25) is 4.79 Å². The molecule has 2 atom stereocenters. The van der Waals surface area contributed by atoms with Gasteiger partial charge in [0.25, 0.3) is 5.91 Å². The summed E-state index contributed by atoms with van der Waals surface area (Å²) in [5.41, 5.74) is -0.0860. The first-order valence-corrected chi connectivity index (χ1v) is 7.06. The van der Waals surface area contributed by atoms with E-state index in [4.69, 9.17) is 4.74 Å². The molecule has 4 heteroatoms. The number of likely N-dealkylation sites (tertiary alicyclic amines) is 1. The highest BCUT2D eigenvalue weighted by Gasteiger charge is 2.63. The molecular weight excluding hydrogens is 228 g/mol. The Hall–Kier alpha value is -0.610. The number of piperidine rings is 2. The lowest BCUT2D eigenvalue weighted by atomic mass is 9.90. The Morgan fingerprint density at radius 1 is 1.22 bits per heavy atom. The van der Waals surface area contributed by atoms with Crippen LogP contribution in [-0.2, 0) is 9.53 Å².